The smallest absolute Gasteiger partial charge is 0.318 e. The fraction of sp³-hybridized carbons (Fsp3) is 0.846. The van der Waals surface area contributed by atoms with Crippen LogP contribution < -0.4 is 10.6 Å². The Bertz CT molecular complexity index is 448. The molecule has 1 aliphatic carbocycles. The Morgan fingerprint density at radius 2 is 2.26 bits per heavy atom. The highest BCUT2D eigenvalue weighted by molar-refractivity contribution is 5.27. The van der Waals surface area contributed by atoms with Crippen LogP contribution in [0.2, 0.25) is 0 Å². The lowest BCUT2D eigenvalue weighted by atomic mass is 9.71. The summed E-state index contributed by atoms with van der Waals surface area (Å²) in [5, 5.41) is 18.7. The second-order valence-electron chi connectivity index (χ2n) is 5.95. The summed E-state index contributed by atoms with van der Waals surface area (Å²) >= 11 is 0. The van der Waals surface area contributed by atoms with Gasteiger partial charge in [-0.25, -0.2) is 0 Å². The number of nitrogens with zero attached hydrogens (tertiary/aromatic N) is 3. The van der Waals surface area contributed by atoms with E-state index in [4.69, 9.17) is 10.2 Å². The summed E-state index contributed by atoms with van der Waals surface area (Å²) in [5.74, 6) is 0.792. The quantitative estimate of drug-likeness (QED) is 0.836. The molecule has 3 N–H and O–H groups in total. The van der Waals surface area contributed by atoms with Gasteiger partial charge in [0.05, 0.1) is 11.6 Å². The van der Waals surface area contributed by atoms with E-state index in [1.54, 1.807) is 0 Å². The van der Waals surface area contributed by atoms with Crippen LogP contribution in [0, 0.1) is 5.92 Å². The molecule has 3 unspecified atom stereocenters. The first kappa shape index (κ1) is 12.9. The summed E-state index contributed by atoms with van der Waals surface area (Å²) in [6.45, 7) is 3.40. The van der Waals surface area contributed by atoms with E-state index in [0.29, 0.717) is 17.8 Å². The summed E-state index contributed by atoms with van der Waals surface area (Å²) in [5.41, 5.74) is 5.26. The predicted molar refractivity (Wildman–Crippen MR) is 70.6 cm³/mol. The van der Waals surface area contributed by atoms with Gasteiger partial charge in [0.2, 0.25) is 5.89 Å². The molecule has 0 aromatic carbocycles. The van der Waals surface area contributed by atoms with Crippen LogP contribution in [0.4, 0.5) is 6.01 Å². The molecule has 1 saturated carbocycles. The number of aromatic nitrogens is 2. The third kappa shape index (κ3) is 2.34. The first-order valence-electron chi connectivity index (χ1n) is 7.15. The van der Waals surface area contributed by atoms with Gasteiger partial charge >= 0.3 is 6.01 Å². The number of anilines is 1. The molecule has 0 spiro atoms. The second-order valence-corrected chi connectivity index (χ2v) is 5.95. The zero-order valence-corrected chi connectivity index (χ0v) is 11.4. The van der Waals surface area contributed by atoms with Gasteiger partial charge in [0.15, 0.2) is 0 Å². The Kier molecular flexibility index (Phi) is 3.22. The van der Waals surface area contributed by atoms with Crippen molar-refractivity contribution < 1.29 is 9.52 Å². The van der Waals surface area contributed by atoms with E-state index in [0.717, 1.165) is 38.8 Å². The molecule has 1 aromatic heterocycles. The Morgan fingerprint density at radius 3 is 3.00 bits per heavy atom. The van der Waals surface area contributed by atoms with Crippen molar-refractivity contribution in [3.63, 3.8) is 0 Å². The van der Waals surface area contributed by atoms with E-state index < -0.39 is 5.60 Å². The Labute approximate surface area is 113 Å². The van der Waals surface area contributed by atoms with E-state index in [1.165, 1.54) is 6.42 Å². The maximum atomic E-state index is 10.6. The zero-order chi connectivity index (χ0) is 13.5. The second kappa shape index (κ2) is 4.76. The standard InChI is InChI=1S/C13H22N4O2/c1-9(14)11-15-16-12(19-11)17-7-6-13(18)5-3-2-4-10(13)8-17/h9-10,18H,2-8,14H2,1H3. The molecule has 2 aliphatic rings. The molecule has 3 atom stereocenters. The molecule has 106 valence electrons. The van der Waals surface area contributed by atoms with Crippen molar-refractivity contribution >= 4 is 6.01 Å². The highest BCUT2D eigenvalue weighted by Crippen LogP contribution is 2.40. The first-order chi connectivity index (χ1) is 9.08. The van der Waals surface area contributed by atoms with Crippen LogP contribution in [0.3, 0.4) is 0 Å². The van der Waals surface area contributed by atoms with Gasteiger partial charge < -0.3 is 20.2 Å². The van der Waals surface area contributed by atoms with Gasteiger partial charge in [-0.15, -0.1) is 5.10 Å². The van der Waals surface area contributed by atoms with Crippen molar-refractivity contribution in [2.75, 3.05) is 18.0 Å². The molecule has 0 amide bonds. The minimum Gasteiger partial charge on any atom is -0.406 e. The minimum absolute atomic E-state index is 0.238. The summed E-state index contributed by atoms with van der Waals surface area (Å²) in [4.78, 5) is 2.09. The van der Waals surface area contributed by atoms with Crippen molar-refractivity contribution in [1.82, 2.24) is 10.2 Å². The fourth-order valence-electron chi connectivity index (χ4n) is 3.28. The number of rotatable bonds is 2. The SMILES string of the molecule is CC(N)c1nnc(N2CCC3(O)CCCCC3C2)o1. The van der Waals surface area contributed by atoms with Gasteiger partial charge in [-0.3, -0.25) is 0 Å². The van der Waals surface area contributed by atoms with Gasteiger partial charge in [-0.05, 0) is 26.2 Å². The number of nitrogens with two attached hydrogens (primary N) is 1. The maximum Gasteiger partial charge on any atom is 0.318 e. The van der Waals surface area contributed by atoms with E-state index >= 15 is 0 Å². The average molecular weight is 266 g/mol. The minimum atomic E-state index is -0.473. The Balaban J connectivity index is 1.73. The topological polar surface area (TPSA) is 88.4 Å². The van der Waals surface area contributed by atoms with Crippen LogP contribution >= 0.6 is 0 Å². The molecule has 2 fully saturated rings. The molecule has 1 saturated heterocycles. The van der Waals surface area contributed by atoms with Crippen molar-refractivity contribution in [2.24, 2.45) is 11.7 Å². The molecule has 6 nitrogen and oxygen atoms in total. The van der Waals surface area contributed by atoms with Crippen molar-refractivity contribution in [1.29, 1.82) is 0 Å². The van der Waals surface area contributed by atoms with Crippen LogP contribution in [0.15, 0.2) is 4.42 Å². The third-order valence-corrected chi connectivity index (χ3v) is 4.52. The molecule has 19 heavy (non-hydrogen) atoms. The van der Waals surface area contributed by atoms with Crippen LogP contribution in [-0.2, 0) is 0 Å². The number of aliphatic hydroxyl groups is 1. The lowest BCUT2D eigenvalue weighted by molar-refractivity contribution is -0.0619. The molecule has 1 aliphatic heterocycles. The largest absolute Gasteiger partial charge is 0.406 e. The summed E-state index contributed by atoms with van der Waals surface area (Å²) < 4.78 is 5.59. The highest BCUT2D eigenvalue weighted by atomic mass is 16.4. The fourth-order valence-corrected chi connectivity index (χ4v) is 3.28. The summed E-state index contributed by atoms with van der Waals surface area (Å²) in [7, 11) is 0. The number of hydrogen-bond acceptors (Lipinski definition) is 6. The monoisotopic (exact) mass is 266 g/mol. The molecule has 1 aromatic rings. The van der Waals surface area contributed by atoms with Gasteiger partial charge in [-0.2, -0.15) is 0 Å². The number of fused-ring (bicyclic) bond motifs is 1. The Morgan fingerprint density at radius 1 is 1.42 bits per heavy atom. The number of piperidine rings is 1. The zero-order valence-electron chi connectivity index (χ0n) is 11.4. The predicted octanol–water partition coefficient (Wildman–Crippen LogP) is 1.22. The molecule has 3 rings (SSSR count). The van der Waals surface area contributed by atoms with Crippen molar-refractivity contribution in [3.05, 3.63) is 5.89 Å². The van der Waals surface area contributed by atoms with Crippen LogP contribution in [0.1, 0.15) is 51.0 Å². The van der Waals surface area contributed by atoms with E-state index in [1.807, 2.05) is 6.92 Å². The van der Waals surface area contributed by atoms with E-state index in [-0.39, 0.29) is 6.04 Å². The highest BCUT2D eigenvalue weighted by Gasteiger charge is 2.43. The third-order valence-electron chi connectivity index (χ3n) is 4.52. The first-order valence-corrected chi connectivity index (χ1v) is 7.15. The van der Waals surface area contributed by atoms with Gasteiger partial charge in [-0.1, -0.05) is 17.9 Å². The molecule has 2 heterocycles. The normalized spacial score (nSPS) is 33.0. The molecular weight excluding hydrogens is 244 g/mol. The van der Waals surface area contributed by atoms with Crippen LogP contribution in [0.5, 0.6) is 0 Å². The lowest BCUT2D eigenvalue weighted by Gasteiger charge is -2.46. The Hall–Kier alpha value is -1.14. The van der Waals surface area contributed by atoms with Crippen molar-refractivity contribution in [3.8, 4) is 0 Å². The molecule has 0 radical (unpaired) electrons. The molecule has 0 bridgehead atoms. The number of hydrogen-bond donors (Lipinski definition) is 2. The summed E-state index contributed by atoms with van der Waals surface area (Å²) in [6, 6.07) is 0.303. The van der Waals surface area contributed by atoms with Gasteiger partial charge in [0.25, 0.3) is 0 Å². The van der Waals surface area contributed by atoms with Gasteiger partial charge in [0.1, 0.15) is 0 Å². The van der Waals surface area contributed by atoms with Crippen LogP contribution in [0.25, 0.3) is 0 Å². The maximum absolute atomic E-state index is 10.6. The molecular formula is C13H22N4O2. The summed E-state index contributed by atoms with van der Waals surface area (Å²) in [6.07, 6.45) is 5.15. The van der Waals surface area contributed by atoms with E-state index in [9.17, 15) is 5.11 Å². The van der Waals surface area contributed by atoms with Crippen LogP contribution in [-0.4, -0.2) is 34.0 Å². The lowest BCUT2D eigenvalue weighted by Crippen LogP contribution is -2.53. The van der Waals surface area contributed by atoms with Gasteiger partial charge in [0, 0.05) is 19.0 Å². The average Bonchev–Trinajstić information content (AvgIpc) is 2.87. The molecule has 6 heteroatoms. The van der Waals surface area contributed by atoms with Crippen molar-refractivity contribution in [2.45, 2.75) is 50.7 Å². The van der Waals surface area contributed by atoms with E-state index in [2.05, 4.69) is 15.1 Å².